The van der Waals surface area contributed by atoms with Crippen molar-refractivity contribution >= 4 is 5.57 Å². The fourth-order valence-electron chi connectivity index (χ4n) is 7.41. The van der Waals surface area contributed by atoms with Gasteiger partial charge in [0.05, 0.1) is 19.4 Å². The van der Waals surface area contributed by atoms with E-state index in [9.17, 15) is 0 Å². The smallest absolute Gasteiger partial charge is 0.137 e. The fourth-order valence-corrected chi connectivity index (χ4v) is 7.41. The Labute approximate surface area is 163 Å². The lowest BCUT2D eigenvalue weighted by atomic mass is 9.47. The molecule has 146 valence electrons. The molecular weight excluding hydrogens is 334 g/mol. The number of nitrogens with zero attached hydrogens (tertiary/aromatic N) is 1. The Balaban J connectivity index is 1.45. The summed E-state index contributed by atoms with van der Waals surface area (Å²) in [6.45, 7) is 6.05. The maximum Gasteiger partial charge on any atom is 0.137 e. The van der Waals surface area contributed by atoms with Crippen LogP contribution in [0.1, 0.15) is 64.4 Å². The number of hydrogen-bond acceptors (Lipinski definition) is 3. The Morgan fingerprint density at radius 3 is 2.85 bits per heavy atom. The standard InChI is InChI=1S/C24H33NO2/c1-23-11-9-21-18(5-8-22-24(21,2)10-4-12-27-22)20(23)7-6-19(23)16-13-17(26-3)15-25-14-16/h6,13-15,18,20-22H,4-5,7-12H2,1-3H3/t18-,20-,21-,22-,23+,24+/m0/s1. The molecule has 5 rings (SSSR count). The number of rotatable bonds is 2. The number of pyridine rings is 1. The highest BCUT2D eigenvalue weighted by molar-refractivity contribution is 5.73. The van der Waals surface area contributed by atoms with Crippen LogP contribution in [0.4, 0.5) is 0 Å². The lowest BCUT2D eigenvalue weighted by molar-refractivity contribution is -0.168. The maximum atomic E-state index is 6.25. The molecule has 0 unspecified atom stereocenters. The molecule has 0 N–H and O–H groups in total. The molecule has 1 aromatic heterocycles. The Kier molecular flexibility index (Phi) is 4.16. The summed E-state index contributed by atoms with van der Waals surface area (Å²) in [6.07, 6.45) is 16.0. The Hall–Kier alpha value is -1.35. The predicted molar refractivity (Wildman–Crippen MR) is 108 cm³/mol. The second kappa shape index (κ2) is 6.34. The van der Waals surface area contributed by atoms with Gasteiger partial charge in [-0.05, 0) is 90.7 Å². The van der Waals surface area contributed by atoms with Gasteiger partial charge in [0, 0.05) is 12.8 Å². The van der Waals surface area contributed by atoms with Crippen molar-refractivity contribution in [2.24, 2.45) is 28.6 Å². The van der Waals surface area contributed by atoms with E-state index in [0.717, 1.165) is 30.1 Å². The van der Waals surface area contributed by atoms with Crippen LogP contribution in [0.25, 0.3) is 5.57 Å². The first-order chi connectivity index (χ1) is 13.1. The van der Waals surface area contributed by atoms with Crippen LogP contribution in [0.15, 0.2) is 24.5 Å². The first-order valence-corrected chi connectivity index (χ1v) is 10.9. The van der Waals surface area contributed by atoms with E-state index in [1.165, 1.54) is 56.1 Å². The van der Waals surface area contributed by atoms with Crippen molar-refractivity contribution in [1.29, 1.82) is 0 Å². The van der Waals surface area contributed by atoms with Gasteiger partial charge in [-0.25, -0.2) is 0 Å². The molecule has 4 aliphatic rings. The van der Waals surface area contributed by atoms with Crippen molar-refractivity contribution in [3.63, 3.8) is 0 Å². The molecule has 2 saturated carbocycles. The van der Waals surface area contributed by atoms with E-state index in [1.54, 1.807) is 13.3 Å². The third kappa shape index (κ3) is 2.53. The van der Waals surface area contributed by atoms with E-state index in [-0.39, 0.29) is 5.41 Å². The van der Waals surface area contributed by atoms with Crippen LogP contribution in [0.2, 0.25) is 0 Å². The highest BCUT2D eigenvalue weighted by atomic mass is 16.5. The number of aromatic nitrogens is 1. The zero-order valence-electron chi connectivity index (χ0n) is 17.0. The lowest BCUT2D eigenvalue weighted by Crippen LogP contribution is -2.55. The van der Waals surface area contributed by atoms with E-state index in [0.29, 0.717) is 11.5 Å². The molecule has 27 heavy (non-hydrogen) atoms. The highest BCUT2D eigenvalue weighted by Crippen LogP contribution is 2.66. The molecule has 1 aromatic rings. The van der Waals surface area contributed by atoms with E-state index < -0.39 is 0 Å². The third-order valence-electron chi connectivity index (χ3n) is 8.80. The maximum absolute atomic E-state index is 6.25. The van der Waals surface area contributed by atoms with E-state index in [1.807, 2.05) is 6.20 Å². The molecule has 3 fully saturated rings. The van der Waals surface area contributed by atoms with Gasteiger partial charge in [0.1, 0.15) is 5.75 Å². The van der Waals surface area contributed by atoms with Gasteiger partial charge >= 0.3 is 0 Å². The fraction of sp³-hybridized carbons (Fsp3) is 0.708. The predicted octanol–water partition coefficient (Wildman–Crippen LogP) is 5.51. The Bertz CT molecular complexity index is 759. The summed E-state index contributed by atoms with van der Waals surface area (Å²) in [5.41, 5.74) is 3.47. The topological polar surface area (TPSA) is 31.4 Å². The average molecular weight is 368 g/mol. The molecule has 3 aliphatic carbocycles. The molecule has 1 saturated heterocycles. The SMILES string of the molecule is COc1cncc(C2=CC[C@H]3[C@@H]4CC[C@@H]5OCCC[C@]5(C)[C@H]4CC[C@]23C)c1. The van der Waals surface area contributed by atoms with Gasteiger partial charge in [-0.1, -0.05) is 19.9 Å². The molecular formula is C24H33NO2. The first-order valence-electron chi connectivity index (χ1n) is 10.9. The quantitative estimate of drug-likeness (QED) is 0.691. The highest BCUT2D eigenvalue weighted by Gasteiger charge is 2.58. The van der Waals surface area contributed by atoms with Crippen molar-refractivity contribution < 1.29 is 9.47 Å². The van der Waals surface area contributed by atoms with Crippen LogP contribution in [0, 0.1) is 28.6 Å². The first kappa shape index (κ1) is 17.7. The lowest BCUT2D eigenvalue weighted by Gasteiger charge is -2.59. The van der Waals surface area contributed by atoms with Gasteiger partial charge in [0.15, 0.2) is 0 Å². The summed E-state index contributed by atoms with van der Waals surface area (Å²) in [6, 6.07) is 2.17. The molecule has 2 heterocycles. The normalized spacial score (nSPS) is 43.3. The zero-order chi connectivity index (χ0) is 18.6. The van der Waals surface area contributed by atoms with Gasteiger partial charge in [-0.15, -0.1) is 0 Å². The van der Waals surface area contributed by atoms with Crippen molar-refractivity contribution in [3.05, 3.63) is 30.1 Å². The molecule has 3 nitrogen and oxygen atoms in total. The molecule has 0 amide bonds. The molecule has 6 atom stereocenters. The number of allylic oxidation sites excluding steroid dienone is 2. The largest absolute Gasteiger partial charge is 0.495 e. The Morgan fingerprint density at radius 2 is 2.00 bits per heavy atom. The minimum Gasteiger partial charge on any atom is -0.495 e. The van der Waals surface area contributed by atoms with Crippen molar-refractivity contribution in [3.8, 4) is 5.75 Å². The summed E-state index contributed by atoms with van der Waals surface area (Å²) in [7, 11) is 1.73. The van der Waals surface area contributed by atoms with Crippen molar-refractivity contribution in [2.75, 3.05) is 13.7 Å². The number of hydrogen-bond donors (Lipinski definition) is 0. The van der Waals surface area contributed by atoms with E-state index >= 15 is 0 Å². The van der Waals surface area contributed by atoms with Gasteiger partial charge in [0.25, 0.3) is 0 Å². The average Bonchev–Trinajstić information content (AvgIpc) is 3.05. The van der Waals surface area contributed by atoms with Crippen LogP contribution in [-0.2, 0) is 4.74 Å². The molecule has 0 aromatic carbocycles. The number of fused-ring (bicyclic) bond motifs is 5. The summed E-state index contributed by atoms with van der Waals surface area (Å²) in [4.78, 5) is 4.43. The minimum absolute atomic E-state index is 0.286. The number of methoxy groups -OCH3 is 1. The summed E-state index contributed by atoms with van der Waals surface area (Å²) in [5, 5.41) is 0. The van der Waals surface area contributed by atoms with Gasteiger partial charge in [-0.3, -0.25) is 4.98 Å². The second-order valence-electron chi connectivity index (χ2n) is 9.85. The van der Waals surface area contributed by atoms with Crippen LogP contribution in [0.5, 0.6) is 5.75 Å². The minimum atomic E-state index is 0.286. The molecule has 1 aliphatic heterocycles. The van der Waals surface area contributed by atoms with Crippen molar-refractivity contribution in [2.45, 2.75) is 64.9 Å². The Morgan fingerprint density at radius 1 is 1.11 bits per heavy atom. The summed E-state index contributed by atoms with van der Waals surface area (Å²) in [5.74, 6) is 3.32. The van der Waals surface area contributed by atoms with E-state index in [4.69, 9.17) is 9.47 Å². The van der Waals surface area contributed by atoms with Crippen LogP contribution < -0.4 is 4.74 Å². The van der Waals surface area contributed by atoms with Crippen LogP contribution in [-0.4, -0.2) is 24.8 Å². The molecule has 0 bridgehead atoms. The summed E-state index contributed by atoms with van der Waals surface area (Å²) < 4.78 is 11.7. The second-order valence-corrected chi connectivity index (χ2v) is 9.85. The van der Waals surface area contributed by atoms with Crippen molar-refractivity contribution in [1.82, 2.24) is 4.98 Å². The molecule has 0 radical (unpaired) electrons. The van der Waals surface area contributed by atoms with Crippen LogP contribution in [0.3, 0.4) is 0 Å². The molecule has 0 spiro atoms. The third-order valence-corrected chi connectivity index (χ3v) is 8.80. The van der Waals surface area contributed by atoms with Gasteiger partial charge < -0.3 is 9.47 Å². The number of ether oxygens (including phenoxy) is 2. The zero-order valence-corrected chi connectivity index (χ0v) is 17.0. The van der Waals surface area contributed by atoms with E-state index in [2.05, 4.69) is 31.0 Å². The monoisotopic (exact) mass is 367 g/mol. The van der Waals surface area contributed by atoms with Gasteiger partial charge in [0.2, 0.25) is 0 Å². The van der Waals surface area contributed by atoms with Crippen LogP contribution >= 0.6 is 0 Å². The molecule has 3 heteroatoms. The van der Waals surface area contributed by atoms with Gasteiger partial charge in [-0.2, -0.15) is 0 Å². The summed E-state index contributed by atoms with van der Waals surface area (Å²) >= 11 is 0.